The van der Waals surface area contributed by atoms with Gasteiger partial charge in [0.05, 0.1) is 0 Å². The van der Waals surface area contributed by atoms with Crippen molar-refractivity contribution in [2.24, 2.45) is 0 Å². The summed E-state index contributed by atoms with van der Waals surface area (Å²) in [5.74, 6) is 0. The number of rotatable bonds is 9. The van der Waals surface area contributed by atoms with E-state index < -0.39 is 0 Å². The zero-order valence-electron chi connectivity index (χ0n) is 11.9. The predicted molar refractivity (Wildman–Crippen MR) is 74.3 cm³/mol. The molecule has 0 atom stereocenters. The molecule has 0 heterocycles. The molecular weight excluding hydrogens is 299 g/mol. The summed E-state index contributed by atoms with van der Waals surface area (Å²) in [7, 11) is 8.69. The molecule has 0 N–H and O–H groups in total. The standard InChI is InChI=1S/C13H29N2.In/c1-6-13(9-7-11-14(2)3)10-8-12-15(4)5;/h6-12H2,1-5H3;. The van der Waals surface area contributed by atoms with Crippen LogP contribution in [0, 0.1) is 0 Å². The molecular formula is C13H29InN2. The van der Waals surface area contributed by atoms with Crippen LogP contribution < -0.4 is 0 Å². The van der Waals surface area contributed by atoms with Gasteiger partial charge in [-0.3, -0.25) is 0 Å². The van der Waals surface area contributed by atoms with Crippen LogP contribution in [0.4, 0.5) is 0 Å². The van der Waals surface area contributed by atoms with E-state index in [4.69, 9.17) is 0 Å². The summed E-state index contributed by atoms with van der Waals surface area (Å²) in [6.07, 6.45) is 6.96. The van der Waals surface area contributed by atoms with E-state index in [9.17, 15) is 0 Å². The van der Waals surface area contributed by atoms with Crippen LogP contribution >= 0.6 is 0 Å². The first-order chi connectivity index (χ1) is 7.39. The van der Waals surface area contributed by atoms with Crippen LogP contribution in [0.1, 0.15) is 39.0 Å². The molecule has 2 nitrogen and oxygen atoms in total. The minimum atomic E-state index is 0.692. The Morgan fingerprint density at radius 3 is 1.50 bits per heavy atom. The van der Waals surface area contributed by atoms with Crippen LogP contribution in [0.5, 0.6) is 0 Å². The van der Waals surface area contributed by atoms with Crippen LogP contribution in [-0.4, -0.2) is 75.5 Å². The van der Waals surface area contributed by atoms with Crippen LogP contribution in [0.15, 0.2) is 0 Å². The van der Waals surface area contributed by atoms with Gasteiger partial charge in [-0.05, 0) is 0 Å². The monoisotopic (exact) mass is 328 g/mol. The quantitative estimate of drug-likeness (QED) is 0.641. The van der Waals surface area contributed by atoms with Crippen molar-refractivity contribution in [2.75, 3.05) is 41.3 Å². The van der Waals surface area contributed by atoms with Crippen LogP contribution in [0.25, 0.3) is 0 Å². The fourth-order valence-electron chi connectivity index (χ4n) is 1.97. The van der Waals surface area contributed by atoms with Crippen LogP contribution in [0.2, 0.25) is 3.17 Å². The summed E-state index contributed by atoms with van der Waals surface area (Å²) in [5.41, 5.74) is 0. The first-order valence-electron chi connectivity index (χ1n) is 6.48. The van der Waals surface area contributed by atoms with Gasteiger partial charge in [0.2, 0.25) is 0 Å². The van der Waals surface area contributed by atoms with Gasteiger partial charge in [-0.15, -0.1) is 0 Å². The Kier molecular flexibility index (Phi) is 9.25. The van der Waals surface area contributed by atoms with Gasteiger partial charge in [-0.25, -0.2) is 0 Å². The van der Waals surface area contributed by atoms with E-state index >= 15 is 0 Å². The molecule has 0 aliphatic carbocycles. The zero-order chi connectivity index (χ0) is 12.6. The van der Waals surface area contributed by atoms with Gasteiger partial charge in [0, 0.05) is 0 Å². The second kappa shape index (κ2) is 8.82. The van der Waals surface area contributed by atoms with Crippen LogP contribution in [0.3, 0.4) is 0 Å². The Hall–Kier alpha value is 0.790. The summed E-state index contributed by atoms with van der Waals surface area (Å²) in [5, 5.41) is 0. The molecule has 0 aliphatic heterocycles. The van der Waals surface area contributed by atoms with Crippen molar-refractivity contribution in [3.05, 3.63) is 0 Å². The number of hydrogen-bond donors (Lipinski definition) is 0. The molecule has 0 saturated heterocycles. The van der Waals surface area contributed by atoms with Gasteiger partial charge < -0.3 is 0 Å². The van der Waals surface area contributed by atoms with Crippen molar-refractivity contribution in [1.29, 1.82) is 0 Å². The van der Waals surface area contributed by atoms with E-state index in [1.807, 2.05) is 0 Å². The van der Waals surface area contributed by atoms with E-state index in [0.29, 0.717) is 3.17 Å². The van der Waals surface area contributed by atoms with Gasteiger partial charge in [0.1, 0.15) is 0 Å². The summed E-state index contributed by atoms with van der Waals surface area (Å²) in [4.78, 5) is 4.60. The third-order valence-electron chi connectivity index (χ3n) is 3.26. The first kappa shape index (κ1) is 16.8. The SMILES string of the molecule is CC[C]([In])(CCCN(C)C)CCCN(C)C. The summed E-state index contributed by atoms with van der Waals surface area (Å²) in [6.45, 7) is 4.86. The fraction of sp³-hybridized carbons (Fsp3) is 1.00. The van der Waals surface area contributed by atoms with Gasteiger partial charge in [0.15, 0.2) is 0 Å². The Labute approximate surface area is 117 Å². The third kappa shape index (κ3) is 8.89. The summed E-state index contributed by atoms with van der Waals surface area (Å²) >= 11 is 1.42. The van der Waals surface area contributed by atoms with E-state index in [-0.39, 0.29) is 0 Å². The topological polar surface area (TPSA) is 6.48 Å². The Bertz CT molecular complexity index is 155. The molecule has 3 heteroatoms. The molecule has 0 aromatic heterocycles. The summed E-state index contributed by atoms with van der Waals surface area (Å²) < 4.78 is 0.692. The molecule has 0 rings (SSSR count). The van der Waals surface area contributed by atoms with E-state index in [1.54, 1.807) is 0 Å². The molecule has 0 unspecified atom stereocenters. The van der Waals surface area contributed by atoms with Crippen molar-refractivity contribution in [1.82, 2.24) is 9.80 Å². The zero-order valence-corrected chi connectivity index (χ0v) is 15.2. The molecule has 94 valence electrons. The molecule has 0 aliphatic rings. The molecule has 0 fully saturated rings. The van der Waals surface area contributed by atoms with Crippen molar-refractivity contribution in [3.63, 3.8) is 0 Å². The normalized spacial score (nSPS) is 12.7. The maximum absolute atomic E-state index is 2.37. The van der Waals surface area contributed by atoms with Gasteiger partial charge in [0.25, 0.3) is 0 Å². The third-order valence-corrected chi connectivity index (χ3v) is 6.08. The average molecular weight is 328 g/mol. The van der Waals surface area contributed by atoms with E-state index in [0.717, 1.165) is 0 Å². The van der Waals surface area contributed by atoms with Crippen LogP contribution in [-0.2, 0) is 0 Å². The van der Waals surface area contributed by atoms with Crippen molar-refractivity contribution >= 4 is 24.4 Å². The van der Waals surface area contributed by atoms with E-state index in [1.165, 1.54) is 69.6 Å². The first-order valence-corrected chi connectivity index (χ1v) is 8.13. The Balaban J connectivity index is 3.81. The van der Waals surface area contributed by atoms with Gasteiger partial charge >= 0.3 is 118 Å². The van der Waals surface area contributed by atoms with E-state index in [2.05, 4.69) is 44.9 Å². The van der Waals surface area contributed by atoms with Crippen molar-refractivity contribution in [2.45, 2.75) is 42.2 Å². The molecule has 0 saturated carbocycles. The second-order valence-corrected chi connectivity index (χ2v) is 9.03. The Morgan fingerprint density at radius 1 is 0.875 bits per heavy atom. The Morgan fingerprint density at radius 2 is 1.25 bits per heavy atom. The second-order valence-electron chi connectivity index (χ2n) is 5.53. The van der Waals surface area contributed by atoms with Gasteiger partial charge in [-0.2, -0.15) is 0 Å². The predicted octanol–water partition coefficient (Wildman–Crippen LogP) is 2.41. The maximum atomic E-state index is 2.37. The molecule has 0 spiro atoms. The van der Waals surface area contributed by atoms with Crippen molar-refractivity contribution < 1.29 is 0 Å². The molecule has 2 radical (unpaired) electrons. The fourth-order valence-corrected chi connectivity index (χ4v) is 3.14. The molecule has 16 heavy (non-hydrogen) atoms. The number of hydrogen-bond acceptors (Lipinski definition) is 2. The minimum absolute atomic E-state index is 0.692. The molecule has 0 bridgehead atoms. The summed E-state index contributed by atoms with van der Waals surface area (Å²) in [6, 6.07) is 0. The average Bonchev–Trinajstić information content (AvgIpc) is 2.16. The van der Waals surface area contributed by atoms with Crippen molar-refractivity contribution in [3.8, 4) is 0 Å². The molecule has 0 amide bonds. The molecule has 0 aromatic carbocycles. The van der Waals surface area contributed by atoms with Gasteiger partial charge in [-0.1, -0.05) is 0 Å². The molecule has 0 aromatic rings. The number of nitrogens with zero attached hydrogens (tertiary/aromatic N) is 2.